The Morgan fingerprint density at radius 3 is 2.53 bits per heavy atom. The number of sulfone groups is 1. The Kier molecular flexibility index (Phi) is 3.81. The molecule has 0 aromatic heterocycles. The molecule has 0 spiro atoms. The number of carboxylic acid groups (broad SMARTS) is 1. The predicted octanol–water partition coefficient (Wildman–Crippen LogP) is -0.115. The first kappa shape index (κ1) is 14.0. The average Bonchev–Trinajstić information content (AvgIpc) is 2.64. The van der Waals surface area contributed by atoms with Crippen molar-refractivity contribution in [1.82, 2.24) is 4.90 Å². The van der Waals surface area contributed by atoms with Gasteiger partial charge in [-0.2, -0.15) is 0 Å². The van der Waals surface area contributed by atoms with E-state index in [0.29, 0.717) is 12.8 Å². The lowest BCUT2D eigenvalue weighted by Crippen LogP contribution is -2.60. The fourth-order valence-corrected chi connectivity index (χ4v) is 4.33. The molecule has 0 bridgehead atoms. The van der Waals surface area contributed by atoms with Crippen molar-refractivity contribution in [3.05, 3.63) is 0 Å². The Morgan fingerprint density at radius 2 is 2.18 bits per heavy atom. The molecule has 1 rings (SSSR count). The van der Waals surface area contributed by atoms with Crippen molar-refractivity contribution < 1.29 is 23.1 Å². The van der Waals surface area contributed by atoms with Gasteiger partial charge in [-0.25, -0.2) is 13.2 Å². The SMILES string of the molecule is CCN(C=O)C1(C(=O)O)CCCC1S(C)(=O)=O. The van der Waals surface area contributed by atoms with Gasteiger partial charge in [-0.3, -0.25) is 4.79 Å². The lowest BCUT2D eigenvalue weighted by Gasteiger charge is -2.38. The highest BCUT2D eigenvalue weighted by molar-refractivity contribution is 7.91. The van der Waals surface area contributed by atoms with Gasteiger partial charge in [-0.1, -0.05) is 0 Å². The third-order valence-corrected chi connectivity index (χ3v) is 5.08. The maximum atomic E-state index is 11.7. The summed E-state index contributed by atoms with van der Waals surface area (Å²) in [5.41, 5.74) is -1.59. The Labute approximate surface area is 101 Å². The minimum absolute atomic E-state index is 0.182. The van der Waals surface area contributed by atoms with Crippen LogP contribution in [-0.4, -0.2) is 54.4 Å². The fourth-order valence-electron chi connectivity index (χ4n) is 2.67. The smallest absolute Gasteiger partial charge is 0.330 e. The van der Waals surface area contributed by atoms with Gasteiger partial charge in [0.05, 0.1) is 5.25 Å². The number of rotatable bonds is 5. The summed E-state index contributed by atoms with van der Waals surface area (Å²) in [7, 11) is -3.50. The first-order valence-corrected chi connectivity index (χ1v) is 7.40. The van der Waals surface area contributed by atoms with E-state index in [4.69, 9.17) is 0 Å². The summed E-state index contributed by atoms with van der Waals surface area (Å²) < 4.78 is 23.4. The lowest BCUT2D eigenvalue weighted by molar-refractivity contribution is -0.154. The molecule has 0 saturated heterocycles. The van der Waals surface area contributed by atoms with Crippen molar-refractivity contribution in [3.63, 3.8) is 0 Å². The monoisotopic (exact) mass is 263 g/mol. The van der Waals surface area contributed by atoms with Gasteiger partial charge in [-0.05, 0) is 26.2 Å². The summed E-state index contributed by atoms with van der Waals surface area (Å²) in [4.78, 5) is 23.5. The molecule has 0 heterocycles. The molecule has 2 unspecified atom stereocenters. The van der Waals surface area contributed by atoms with E-state index >= 15 is 0 Å². The lowest BCUT2D eigenvalue weighted by atomic mass is 9.95. The Hall–Kier alpha value is -1.11. The van der Waals surface area contributed by atoms with E-state index in [-0.39, 0.29) is 19.4 Å². The molecule has 1 N–H and O–H groups in total. The molecule has 1 aliphatic rings. The molecule has 0 radical (unpaired) electrons. The predicted molar refractivity (Wildman–Crippen MR) is 61.3 cm³/mol. The first-order valence-electron chi connectivity index (χ1n) is 5.45. The molecule has 17 heavy (non-hydrogen) atoms. The van der Waals surface area contributed by atoms with Gasteiger partial charge in [0.1, 0.15) is 0 Å². The quantitative estimate of drug-likeness (QED) is 0.698. The van der Waals surface area contributed by atoms with Crippen molar-refractivity contribution in [2.75, 3.05) is 12.8 Å². The van der Waals surface area contributed by atoms with Gasteiger partial charge in [0.2, 0.25) is 6.41 Å². The van der Waals surface area contributed by atoms with E-state index in [1.165, 1.54) is 0 Å². The van der Waals surface area contributed by atoms with Crippen molar-refractivity contribution in [3.8, 4) is 0 Å². The van der Waals surface area contributed by atoms with Crippen molar-refractivity contribution in [2.24, 2.45) is 0 Å². The summed E-state index contributed by atoms with van der Waals surface area (Å²) >= 11 is 0. The second kappa shape index (κ2) is 4.64. The molecule has 1 fully saturated rings. The molecular weight excluding hydrogens is 246 g/mol. The first-order chi connectivity index (χ1) is 7.80. The number of amides is 1. The average molecular weight is 263 g/mol. The maximum absolute atomic E-state index is 11.7. The molecule has 0 aromatic rings. The highest BCUT2D eigenvalue weighted by atomic mass is 32.2. The molecule has 1 amide bonds. The minimum Gasteiger partial charge on any atom is -0.479 e. The van der Waals surface area contributed by atoms with Gasteiger partial charge in [-0.15, -0.1) is 0 Å². The number of carboxylic acids is 1. The van der Waals surface area contributed by atoms with Gasteiger partial charge in [0, 0.05) is 12.8 Å². The molecule has 1 saturated carbocycles. The van der Waals surface area contributed by atoms with E-state index in [0.717, 1.165) is 11.2 Å². The molecule has 0 aromatic carbocycles. The van der Waals surface area contributed by atoms with Gasteiger partial charge >= 0.3 is 5.97 Å². The standard InChI is InChI=1S/C10H17NO5S/c1-3-11(7-12)10(9(13)14)6-4-5-8(10)17(2,15)16/h7-8H,3-6H2,1-2H3,(H,13,14). The van der Waals surface area contributed by atoms with Crippen LogP contribution in [-0.2, 0) is 19.4 Å². The number of carbonyl (C=O) groups is 2. The largest absolute Gasteiger partial charge is 0.479 e. The van der Waals surface area contributed by atoms with E-state index < -0.39 is 26.6 Å². The van der Waals surface area contributed by atoms with Crippen LogP contribution >= 0.6 is 0 Å². The van der Waals surface area contributed by atoms with Crippen LogP contribution in [0.5, 0.6) is 0 Å². The highest BCUT2D eigenvalue weighted by Crippen LogP contribution is 2.39. The van der Waals surface area contributed by atoms with Crippen LogP contribution in [0.1, 0.15) is 26.2 Å². The Balaban J connectivity index is 3.33. The summed E-state index contributed by atoms with van der Waals surface area (Å²) in [6, 6.07) is 0. The Bertz CT molecular complexity index is 418. The minimum atomic E-state index is -3.50. The molecule has 0 aliphatic heterocycles. The maximum Gasteiger partial charge on any atom is 0.330 e. The topological polar surface area (TPSA) is 91.8 Å². The van der Waals surface area contributed by atoms with E-state index in [1.807, 2.05) is 0 Å². The third kappa shape index (κ3) is 2.15. The van der Waals surface area contributed by atoms with Crippen LogP contribution in [0.25, 0.3) is 0 Å². The molecule has 6 nitrogen and oxygen atoms in total. The number of carbonyl (C=O) groups excluding carboxylic acids is 1. The molecule has 2 atom stereocenters. The van der Waals surface area contributed by atoms with E-state index in [9.17, 15) is 23.1 Å². The van der Waals surface area contributed by atoms with E-state index in [1.54, 1.807) is 6.92 Å². The highest BCUT2D eigenvalue weighted by Gasteiger charge is 2.57. The number of likely N-dealkylation sites (N-methyl/N-ethyl adjacent to an activating group) is 1. The molecule has 7 heteroatoms. The van der Waals surface area contributed by atoms with Gasteiger partial charge < -0.3 is 10.0 Å². The molecular formula is C10H17NO5S. The van der Waals surface area contributed by atoms with Crippen LogP contribution in [0.15, 0.2) is 0 Å². The second-order valence-corrected chi connectivity index (χ2v) is 6.56. The van der Waals surface area contributed by atoms with Crippen molar-refractivity contribution >= 4 is 22.2 Å². The Morgan fingerprint density at radius 1 is 1.59 bits per heavy atom. The van der Waals surface area contributed by atoms with Crippen LogP contribution in [0, 0.1) is 0 Å². The van der Waals surface area contributed by atoms with E-state index in [2.05, 4.69) is 0 Å². The zero-order chi connectivity index (χ0) is 13.3. The summed E-state index contributed by atoms with van der Waals surface area (Å²) in [6.07, 6.45) is 2.42. The molecule has 1 aliphatic carbocycles. The van der Waals surface area contributed by atoms with Crippen molar-refractivity contribution in [2.45, 2.75) is 37.0 Å². The number of aliphatic carboxylic acids is 1. The summed E-state index contributed by atoms with van der Waals surface area (Å²) in [6.45, 7) is 1.82. The third-order valence-electron chi connectivity index (χ3n) is 3.42. The second-order valence-electron chi connectivity index (χ2n) is 4.33. The van der Waals surface area contributed by atoms with Crippen LogP contribution in [0.4, 0.5) is 0 Å². The summed E-state index contributed by atoms with van der Waals surface area (Å²) in [5.74, 6) is -1.24. The van der Waals surface area contributed by atoms with Gasteiger partial charge in [0.15, 0.2) is 15.4 Å². The molecule has 98 valence electrons. The fraction of sp³-hybridized carbons (Fsp3) is 0.800. The normalized spacial score (nSPS) is 28.9. The van der Waals surface area contributed by atoms with Crippen LogP contribution in [0.2, 0.25) is 0 Å². The van der Waals surface area contributed by atoms with Crippen molar-refractivity contribution in [1.29, 1.82) is 0 Å². The summed E-state index contributed by atoms with van der Waals surface area (Å²) in [5, 5.41) is 8.35. The van der Waals surface area contributed by atoms with Gasteiger partial charge in [0.25, 0.3) is 0 Å². The zero-order valence-electron chi connectivity index (χ0n) is 9.92. The number of hydrogen-bond acceptors (Lipinski definition) is 4. The number of nitrogens with zero attached hydrogens (tertiary/aromatic N) is 1. The number of hydrogen-bond donors (Lipinski definition) is 1. The van der Waals surface area contributed by atoms with Crippen LogP contribution < -0.4 is 0 Å². The van der Waals surface area contributed by atoms with Crippen LogP contribution in [0.3, 0.4) is 0 Å². The zero-order valence-corrected chi connectivity index (χ0v) is 10.7.